The summed E-state index contributed by atoms with van der Waals surface area (Å²) in [7, 11) is 0. The molecule has 1 aromatic carbocycles. The van der Waals surface area contributed by atoms with E-state index in [2.05, 4.69) is 6.92 Å². The molecule has 0 radical (unpaired) electrons. The van der Waals surface area contributed by atoms with Crippen molar-refractivity contribution in [2.24, 2.45) is 0 Å². The van der Waals surface area contributed by atoms with Gasteiger partial charge in [0.1, 0.15) is 0 Å². The van der Waals surface area contributed by atoms with Crippen LogP contribution in [0, 0.1) is 15.5 Å². The molecule has 1 aromatic rings. The van der Waals surface area contributed by atoms with Crippen LogP contribution in [0.5, 0.6) is 0 Å². The van der Waals surface area contributed by atoms with Gasteiger partial charge in [-0.25, -0.2) is 0 Å². The summed E-state index contributed by atoms with van der Waals surface area (Å²) in [6, 6.07) is 4.59. The second-order valence-electron chi connectivity index (χ2n) is 3.94. The van der Waals surface area contributed by atoms with Gasteiger partial charge in [-0.1, -0.05) is 30.3 Å². The molecule has 1 aliphatic heterocycles. The Morgan fingerprint density at radius 3 is 2.94 bits per heavy atom. The standard InChI is InChI=1S/C11H12ClN3O2S/c1-2-7-6-18-11(13)14(7)10-4-3-8(15(16)17)5-9(10)12/h3-5,7,13H,2,6H2,1H3. The molecule has 1 saturated heterocycles. The number of rotatable bonds is 3. The van der Waals surface area contributed by atoms with Crippen LogP contribution in [0.3, 0.4) is 0 Å². The molecule has 0 bridgehead atoms. The third kappa shape index (κ3) is 2.30. The molecule has 1 unspecified atom stereocenters. The maximum Gasteiger partial charge on any atom is 0.271 e. The van der Waals surface area contributed by atoms with Gasteiger partial charge in [0, 0.05) is 23.9 Å². The van der Waals surface area contributed by atoms with Crippen molar-refractivity contribution in [3.8, 4) is 0 Å². The number of nitro benzene ring substituents is 1. The number of hydrogen-bond donors (Lipinski definition) is 1. The predicted octanol–water partition coefficient (Wildman–Crippen LogP) is 3.51. The zero-order valence-electron chi connectivity index (χ0n) is 9.72. The molecule has 1 N–H and O–H groups in total. The van der Waals surface area contributed by atoms with Gasteiger partial charge in [-0.15, -0.1) is 0 Å². The van der Waals surface area contributed by atoms with Gasteiger partial charge in [0.25, 0.3) is 5.69 Å². The lowest BCUT2D eigenvalue weighted by molar-refractivity contribution is -0.384. The fourth-order valence-corrected chi connectivity index (χ4v) is 3.28. The number of benzene rings is 1. The van der Waals surface area contributed by atoms with Gasteiger partial charge in [-0.3, -0.25) is 15.5 Å². The number of nitro groups is 1. The predicted molar refractivity (Wildman–Crippen MR) is 74.8 cm³/mol. The average molecular weight is 286 g/mol. The number of hydrogen-bond acceptors (Lipinski definition) is 4. The minimum Gasteiger partial charge on any atom is -0.316 e. The van der Waals surface area contributed by atoms with Crippen molar-refractivity contribution < 1.29 is 4.92 Å². The molecule has 96 valence electrons. The number of non-ortho nitro benzene ring substituents is 1. The lowest BCUT2D eigenvalue weighted by Gasteiger charge is -2.25. The molecule has 0 aliphatic carbocycles. The molecule has 1 fully saturated rings. The number of halogens is 1. The quantitative estimate of drug-likeness (QED) is 0.681. The van der Waals surface area contributed by atoms with E-state index in [0.29, 0.717) is 15.9 Å². The topological polar surface area (TPSA) is 70.2 Å². The fourth-order valence-electron chi connectivity index (χ4n) is 1.90. The molecule has 0 aromatic heterocycles. The van der Waals surface area contributed by atoms with E-state index < -0.39 is 4.92 Å². The van der Waals surface area contributed by atoms with Crippen LogP contribution in [0.25, 0.3) is 0 Å². The lowest BCUT2D eigenvalue weighted by atomic mass is 10.2. The highest BCUT2D eigenvalue weighted by atomic mass is 35.5. The van der Waals surface area contributed by atoms with Crippen molar-refractivity contribution in [2.75, 3.05) is 10.7 Å². The molecular weight excluding hydrogens is 274 g/mol. The molecule has 0 amide bonds. The van der Waals surface area contributed by atoms with E-state index >= 15 is 0 Å². The zero-order valence-corrected chi connectivity index (χ0v) is 11.3. The second-order valence-corrected chi connectivity index (χ2v) is 5.36. The minimum atomic E-state index is -0.475. The number of thioether (sulfide) groups is 1. The van der Waals surface area contributed by atoms with E-state index in [4.69, 9.17) is 17.0 Å². The molecule has 7 heteroatoms. The molecule has 0 saturated carbocycles. The summed E-state index contributed by atoms with van der Waals surface area (Å²) < 4.78 is 0. The van der Waals surface area contributed by atoms with Gasteiger partial charge >= 0.3 is 0 Å². The summed E-state index contributed by atoms with van der Waals surface area (Å²) in [5.74, 6) is 0.850. The van der Waals surface area contributed by atoms with Crippen LogP contribution in [0.2, 0.25) is 5.02 Å². The van der Waals surface area contributed by atoms with Crippen molar-refractivity contribution in [3.63, 3.8) is 0 Å². The van der Waals surface area contributed by atoms with Crippen LogP contribution in [0.4, 0.5) is 11.4 Å². The number of nitrogens with one attached hydrogen (secondary N) is 1. The summed E-state index contributed by atoms with van der Waals surface area (Å²) in [5.41, 5.74) is 0.638. The molecular formula is C11H12ClN3O2S. The van der Waals surface area contributed by atoms with Gasteiger partial charge in [0.05, 0.1) is 15.6 Å². The highest BCUT2D eigenvalue weighted by molar-refractivity contribution is 8.14. The van der Waals surface area contributed by atoms with Crippen LogP contribution >= 0.6 is 23.4 Å². The fraction of sp³-hybridized carbons (Fsp3) is 0.364. The Morgan fingerprint density at radius 1 is 1.67 bits per heavy atom. The van der Waals surface area contributed by atoms with Crippen molar-refractivity contribution in [1.29, 1.82) is 5.41 Å². The van der Waals surface area contributed by atoms with E-state index in [-0.39, 0.29) is 11.7 Å². The third-order valence-corrected chi connectivity index (χ3v) is 4.19. The van der Waals surface area contributed by atoms with Crippen LogP contribution in [0.15, 0.2) is 18.2 Å². The first kappa shape index (κ1) is 13.2. The van der Waals surface area contributed by atoms with Gasteiger partial charge in [-0.2, -0.15) is 0 Å². The molecule has 1 atom stereocenters. The van der Waals surface area contributed by atoms with Crippen LogP contribution in [-0.2, 0) is 0 Å². The molecule has 5 nitrogen and oxygen atoms in total. The van der Waals surface area contributed by atoms with E-state index in [0.717, 1.165) is 12.2 Å². The first-order valence-electron chi connectivity index (χ1n) is 5.49. The van der Waals surface area contributed by atoms with Gasteiger partial charge < -0.3 is 4.90 Å². The smallest absolute Gasteiger partial charge is 0.271 e. The summed E-state index contributed by atoms with van der Waals surface area (Å²) in [6.07, 6.45) is 0.905. The molecule has 1 aliphatic rings. The van der Waals surface area contributed by atoms with E-state index in [1.165, 1.54) is 23.9 Å². The molecule has 1 heterocycles. The van der Waals surface area contributed by atoms with Crippen LogP contribution < -0.4 is 4.90 Å². The average Bonchev–Trinajstić information content (AvgIpc) is 2.70. The summed E-state index contributed by atoms with van der Waals surface area (Å²) >= 11 is 7.56. The molecule has 18 heavy (non-hydrogen) atoms. The minimum absolute atomic E-state index is 0.0322. The maximum absolute atomic E-state index is 10.7. The number of anilines is 1. The Labute approximate surface area is 114 Å². The lowest BCUT2D eigenvalue weighted by Crippen LogP contribution is -2.33. The third-order valence-electron chi connectivity index (χ3n) is 2.87. The Bertz CT molecular complexity index is 509. The second kappa shape index (κ2) is 5.16. The SMILES string of the molecule is CCC1CSC(=N)N1c1ccc([N+](=O)[O-])cc1Cl. The van der Waals surface area contributed by atoms with Crippen molar-refractivity contribution in [2.45, 2.75) is 19.4 Å². The van der Waals surface area contributed by atoms with Gasteiger partial charge in [0.2, 0.25) is 0 Å². The molecule has 0 spiro atoms. The van der Waals surface area contributed by atoms with Crippen LogP contribution in [0.1, 0.15) is 13.3 Å². The zero-order chi connectivity index (χ0) is 13.3. The Hall–Kier alpha value is -1.27. The first-order chi connectivity index (χ1) is 8.54. The number of nitrogens with zero attached hydrogens (tertiary/aromatic N) is 2. The van der Waals surface area contributed by atoms with E-state index in [1.54, 1.807) is 6.07 Å². The van der Waals surface area contributed by atoms with Crippen molar-refractivity contribution in [1.82, 2.24) is 0 Å². The Balaban J connectivity index is 2.38. The largest absolute Gasteiger partial charge is 0.316 e. The summed E-state index contributed by atoms with van der Waals surface area (Å²) in [6.45, 7) is 2.05. The first-order valence-corrected chi connectivity index (χ1v) is 6.85. The normalized spacial score (nSPS) is 19.3. The highest BCUT2D eigenvalue weighted by Gasteiger charge is 2.30. The maximum atomic E-state index is 10.7. The van der Waals surface area contributed by atoms with Crippen molar-refractivity contribution >= 4 is 39.9 Å². The van der Waals surface area contributed by atoms with Crippen molar-refractivity contribution in [3.05, 3.63) is 33.3 Å². The monoisotopic (exact) mass is 285 g/mol. The highest BCUT2D eigenvalue weighted by Crippen LogP contribution is 2.37. The number of amidine groups is 1. The van der Waals surface area contributed by atoms with Gasteiger partial charge in [-0.05, 0) is 12.5 Å². The summed E-state index contributed by atoms with van der Waals surface area (Å²) in [5, 5.41) is 19.3. The van der Waals surface area contributed by atoms with Gasteiger partial charge in [0.15, 0.2) is 5.17 Å². The Kier molecular flexibility index (Phi) is 3.77. The summed E-state index contributed by atoms with van der Waals surface area (Å²) in [4.78, 5) is 12.0. The van der Waals surface area contributed by atoms with E-state index in [9.17, 15) is 10.1 Å². The Morgan fingerprint density at radius 2 is 2.39 bits per heavy atom. The molecule has 2 rings (SSSR count). The van der Waals surface area contributed by atoms with E-state index in [1.807, 2.05) is 4.90 Å². The van der Waals surface area contributed by atoms with Crippen LogP contribution in [-0.4, -0.2) is 21.9 Å².